The van der Waals surface area contributed by atoms with Gasteiger partial charge in [0.2, 0.25) is 0 Å². The summed E-state index contributed by atoms with van der Waals surface area (Å²) in [4.78, 5) is 3.93. The molecule has 3 N–H and O–H groups in total. The van der Waals surface area contributed by atoms with Crippen molar-refractivity contribution in [2.24, 2.45) is 11.1 Å². The second kappa shape index (κ2) is 3.65. The first kappa shape index (κ1) is 9.58. The molecule has 0 spiro atoms. The Bertz CT molecular complexity index is 293. The second-order valence-corrected chi connectivity index (χ2v) is 3.77. The largest absolute Gasteiger partial charge is 0.396 e. The SMILES string of the molecule is NC(c1ccncc1)C1(CO)COC1. The third-order valence-corrected chi connectivity index (χ3v) is 2.82. The Morgan fingerprint density at radius 3 is 2.57 bits per heavy atom. The van der Waals surface area contributed by atoms with Gasteiger partial charge in [-0.1, -0.05) is 0 Å². The molecule has 0 bridgehead atoms. The second-order valence-electron chi connectivity index (χ2n) is 3.77. The highest BCUT2D eigenvalue weighted by Crippen LogP contribution is 2.38. The zero-order valence-electron chi connectivity index (χ0n) is 7.89. The van der Waals surface area contributed by atoms with Gasteiger partial charge >= 0.3 is 0 Å². The highest BCUT2D eigenvalue weighted by molar-refractivity contribution is 5.19. The van der Waals surface area contributed by atoms with E-state index >= 15 is 0 Å². The van der Waals surface area contributed by atoms with Gasteiger partial charge in [-0.05, 0) is 17.7 Å². The summed E-state index contributed by atoms with van der Waals surface area (Å²) >= 11 is 0. The maximum absolute atomic E-state index is 9.29. The summed E-state index contributed by atoms with van der Waals surface area (Å²) in [5, 5.41) is 9.29. The Kier molecular flexibility index (Phi) is 2.50. The number of aliphatic hydroxyl groups is 1. The van der Waals surface area contributed by atoms with E-state index < -0.39 is 0 Å². The third-order valence-electron chi connectivity index (χ3n) is 2.82. The van der Waals surface area contributed by atoms with Gasteiger partial charge in [-0.25, -0.2) is 0 Å². The van der Waals surface area contributed by atoms with Crippen molar-refractivity contribution >= 4 is 0 Å². The van der Waals surface area contributed by atoms with Crippen LogP contribution in [-0.2, 0) is 4.74 Å². The summed E-state index contributed by atoms with van der Waals surface area (Å²) in [6, 6.07) is 3.57. The molecule has 0 aromatic carbocycles. The molecular weight excluding hydrogens is 180 g/mol. The van der Waals surface area contributed by atoms with Gasteiger partial charge in [-0.3, -0.25) is 4.98 Å². The lowest BCUT2D eigenvalue weighted by molar-refractivity contribution is -0.150. The lowest BCUT2D eigenvalue weighted by Crippen LogP contribution is -2.52. The maximum atomic E-state index is 9.29. The van der Waals surface area contributed by atoms with Crippen LogP contribution >= 0.6 is 0 Å². The number of aromatic nitrogens is 1. The van der Waals surface area contributed by atoms with Crippen molar-refractivity contribution in [1.82, 2.24) is 4.98 Å². The van der Waals surface area contributed by atoms with Gasteiger partial charge in [0.1, 0.15) is 0 Å². The molecule has 1 aliphatic heterocycles. The van der Waals surface area contributed by atoms with Crippen molar-refractivity contribution in [1.29, 1.82) is 0 Å². The van der Waals surface area contributed by atoms with Gasteiger partial charge in [0.05, 0.1) is 25.2 Å². The molecule has 1 unspecified atom stereocenters. The molecule has 2 rings (SSSR count). The van der Waals surface area contributed by atoms with Crippen molar-refractivity contribution in [3.05, 3.63) is 30.1 Å². The van der Waals surface area contributed by atoms with Crippen LogP contribution in [0.25, 0.3) is 0 Å². The zero-order chi connectivity index (χ0) is 10.0. The number of rotatable bonds is 3. The van der Waals surface area contributed by atoms with Gasteiger partial charge in [-0.2, -0.15) is 0 Å². The zero-order valence-corrected chi connectivity index (χ0v) is 7.89. The van der Waals surface area contributed by atoms with E-state index in [2.05, 4.69) is 4.98 Å². The minimum atomic E-state index is -0.290. The van der Waals surface area contributed by atoms with E-state index in [0.717, 1.165) is 5.56 Å². The van der Waals surface area contributed by atoms with E-state index in [1.54, 1.807) is 12.4 Å². The van der Waals surface area contributed by atoms with Crippen LogP contribution in [0.3, 0.4) is 0 Å². The van der Waals surface area contributed by atoms with Crippen molar-refractivity contribution in [3.63, 3.8) is 0 Å². The van der Waals surface area contributed by atoms with Gasteiger partial charge in [0.25, 0.3) is 0 Å². The Hall–Kier alpha value is -0.970. The summed E-state index contributed by atoms with van der Waals surface area (Å²) in [5.41, 5.74) is 6.79. The van der Waals surface area contributed by atoms with Crippen molar-refractivity contribution in [2.75, 3.05) is 19.8 Å². The lowest BCUT2D eigenvalue weighted by Gasteiger charge is -2.44. The smallest absolute Gasteiger partial charge is 0.0594 e. The first-order chi connectivity index (χ1) is 6.78. The Morgan fingerprint density at radius 1 is 1.50 bits per heavy atom. The van der Waals surface area contributed by atoms with E-state index in [-0.39, 0.29) is 18.1 Å². The first-order valence-electron chi connectivity index (χ1n) is 4.63. The predicted octanol–water partition coefficient (Wildman–Crippen LogP) is 0.0903. The molecule has 1 atom stereocenters. The molecule has 0 amide bonds. The van der Waals surface area contributed by atoms with E-state index in [9.17, 15) is 5.11 Å². The molecule has 2 heterocycles. The molecule has 1 saturated heterocycles. The van der Waals surface area contributed by atoms with Gasteiger partial charge in [-0.15, -0.1) is 0 Å². The normalized spacial score (nSPS) is 21.3. The molecule has 4 nitrogen and oxygen atoms in total. The van der Waals surface area contributed by atoms with Crippen LogP contribution in [-0.4, -0.2) is 29.9 Å². The summed E-state index contributed by atoms with van der Waals surface area (Å²) in [6.45, 7) is 1.14. The Labute approximate surface area is 82.7 Å². The molecule has 0 radical (unpaired) electrons. The summed E-state index contributed by atoms with van der Waals surface area (Å²) in [7, 11) is 0. The lowest BCUT2D eigenvalue weighted by atomic mass is 9.76. The number of hydrogen-bond acceptors (Lipinski definition) is 4. The highest BCUT2D eigenvalue weighted by Gasteiger charge is 2.44. The molecule has 14 heavy (non-hydrogen) atoms. The number of ether oxygens (including phenoxy) is 1. The van der Waals surface area contributed by atoms with Gasteiger partial charge in [0.15, 0.2) is 0 Å². The van der Waals surface area contributed by atoms with Crippen LogP contribution in [0.4, 0.5) is 0 Å². The average molecular weight is 194 g/mol. The molecular formula is C10H14N2O2. The third kappa shape index (κ3) is 1.41. The number of nitrogens with two attached hydrogens (primary N) is 1. The van der Waals surface area contributed by atoms with Crippen molar-refractivity contribution < 1.29 is 9.84 Å². The number of aliphatic hydroxyl groups excluding tert-OH is 1. The molecule has 1 aromatic rings. The van der Waals surface area contributed by atoms with E-state index in [1.165, 1.54) is 0 Å². The fraction of sp³-hybridized carbons (Fsp3) is 0.500. The molecule has 76 valence electrons. The Balaban J connectivity index is 2.19. The highest BCUT2D eigenvalue weighted by atomic mass is 16.5. The van der Waals surface area contributed by atoms with Crippen LogP contribution in [0.5, 0.6) is 0 Å². The minimum Gasteiger partial charge on any atom is -0.396 e. The van der Waals surface area contributed by atoms with Crippen LogP contribution in [0.15, 0.2) is 24.5 Å². The summed E-state index contributed by atoms with van der Waals surface area (Å²) in [6.07, 6.45) is 3.42. The first-order valence-corrected chi connectivity index (χ1v) is 4.63. The van der Waals surface area contributed by atoms with Crippen LogP contribution < -0.4 is 5.73 Å². The van der Waals surface area contributed by atoms with E-state index in [4.69, 9.17) is 10.5 Å². The molecule has 1 aromatic heterocycles. The van der Waals surface area contributed by atoms with Gasteiger partial charge < -0.3 is 15.6 Å². The van der Waals surface area contributed by atoms with E-state index in [1.807, 2.05) is 12.1 Å². The topological polar surface area (TPSA) is 68.4 Å². The fourth-order valence-corrected chi connectivity index (χ4v) is 1.66. The number of nitrogens with zero attached hydrogens (tertiary/aromatic N) is 1. The maximum Gasteiger partial charge on any atom is 0.0594 e. The van der Waals surface area contributed by atoms with E-state index in [0.29, 0.717) is 13.2 Å². The molecule has 0 aliphatic carbocycles. The molecule has 4 heteroatoms. The van der Waals surface area contributed by atoms with Crippen LogP contribution in [0.1, 0.15) is 11.6 Å². The fourth-order valence-electron chi connectivity index (χ4n) is 1.66. The molecule has 1 fully saturated rings. The average Bonchev–Trinajstić information content (AvgIpc) is 2.18. The molecule has 1 aliphatic rings. The summed E-state index contributed by atoms with van der Waals surface area (Å²) in [5.74, 6) is 0. The quantitative estimate of drug-likeness (QED) is 0.715. The Morgan fingerprint density at radius 2 is 2.14 bits per heavy atom. The predicted molar refractivity (Wildman–Crippen MR) is 51.5 cm³/mol. The summed E-state index contributed by atoms with van der Waals surface area (Å²) < 4.78 is 5.12. The van der Waals surface area contributed by atoms with Crippen molar-refractivity contribution in [3.8, 4) is 0 Å². The van der Waals surface area contributed by atoms with Gasteiger partial charge in [0, 0.05) is 18.4 Å². The monoisotopic (exact) mass is 194 g/mol. The number of pyridine rings is 1. The minimum absolute atomic E-state index is 0.0660. The molecule has 0 saturated carbocycles. The standard InChI is InChI=1S/C10H14N2O2/c11-9(8-1-3-12-4-2-8)10(5-13)6-14-7-10/h1-4,9,13H,5-7,11H2. The van der Waals surface area contributed by atoms with Crippen LogP contribution in [0, 0.1) is 5.41 Å². The van der Waals surface area contributed by atoms with Crippen LogP contribution in [0.2, 0.25) is 0 Å². The van der Waals surface area contributed by atoms with Crippen molar-refractivity contribution in [2.45, 2.75) is 6.04 Å². The number of hydrogen-bond donors (Lipinski definition) is 2.